The molecule has 28 heavy (non-hydrogen) atoms. The summed E-state index contributed by atoms with van der Waals surface area (Å²) in [5, 5.41) is 9.48. The van der Waals surface area contributed by atoms with Crippen molar-refractivity contribution >= 4 is 11.8 Å². The van der Waals surface area contributed by atoms with Crippen LogP contribution in [0.25, 0.3) is 11.6 Å². The van der Waals surface area contributed by atoms with Crippen LogP contribution in [-0.2, 0) is 12.5 Å². The number of rotatable bonds is 7. The zero-order chi connectivity index (χ0) is 19.1. The lowest BCUT2D eigenvalue weighted by molar-refractivity contribution is 0.297. The normalized spacial score (nSPS) is 23.9. The molecule has 1 saturated carbocycles. The van der Waals surface area contributed by atoms with Crippen molar-refractivity contribution < 1.29 is 4.42 Å². The molecule has 1 aliphatic carbocycles. The minimum Gasteiger partial charge on any atom is -0.440 e. The van der Waals surface area contributed by atoms with E-state index in [0.717, 1.165) is 53.7 Å². The predicted octanol–water partition coefficient (Wildman–Crippen LogP) is 2.32. The highest BCUT2D eigenvalue weighted by atomic mass is 32.2. The quantitative estimate of drug-likeness (QED) is 0.444. The highest BCUT2D eigenvalue weighted by molar-refractivity contribution is 7.99. The van der Waals surface area contributed by atoms with Gasteiger partial charge in [0, 0.05) is 43.7 Å². The van der Waals surface area contributed by atoms with Crippen LogP contribution < -0.4 is 0 Å². The molecule has 0 radical (unpaired) electrons. The zero-order valence-electron chi connectivity index (χ0n) is 16.1. The maximum atomic E-state index is 5.44. The van der Waals surface area contributed by atoms with E-state index in [1.165, 1.54) is 19.4 Å². The molecule has 0 N–H and O–H groups in total. The first-order valence-electron chi connectivity index (χ1n) is 9.60. The van der Waals surface area contributed by atoms with Gasteiger partial charge in [-0.25, -0.2) is 15.0 Å². The Hall–Kier alpha value is -2.26. The number of aromatic nitrogens is 6. The zero-order valence-corrected chi connectivity index (χ0v) is 16.9. The molecule has 0 bridgehead atoms. The second-order valence-electron chi connectivity index (χ2n) is 7.70. The van der Waals surface area contributed by atoms with E-state index in [9.17, 15) is 0 Å². The monoisotopic (exact) mass is 397 g/mol. The first kappa shape index (κ1) is 17.8. The minimum absolute atomic E-state index is 0.224. The minimum atomic E-state index is 0.224. The topological polar surface area (TPSA) is 85.8 Å². The molecule has 2 unspecified atom stereocenters. The number of hydrogen-bond donors (Lipinski definition) is 0. The molecule has 8 nitrogen and oxygen atoms in total. The third kappa shape index (κ3) is 3.02. The Morgan fingerprint density at radius 2 is 2.11 bits per heavy atom. The lowest BCUT2D eigenvalue weighted by Gasteiger charge is -2.19. The summed E-state index contributed by atoms with van der Waals surface area (Å²) < 4.78 is 7.41. The third-order valence-corrected chi connectivity index (χ3v) is 6.97. The molecule has 2 atom stereocenters. The van der Waals surface area contributed by atoms with Crippen LogP contribution in [0, 0.1) is 12.8 Å². The summed E-state index contributed by atoms with van der Waals surface area (Å²) in [4.78, 5) is 15.7. The second-order valence-corrected chi connectivity index (χ2v) is 8.76. The van der Waals surface area contributed by atoms with Crippen molar-refractivity contribution in [2.45, 2.75) is 30.3 Å². The standard InChI is InChI=1S/C19H23N7OS/c1-13-15(27-12-22-13)16-23-24-18(25(16)2)28-8-4-7-26-10-14-9-19(14,11-26)17-20-5-3-6-21-17/h3,5-6,12,14H,4,7-11H2,1-2H3. The van der Waals surface area contributed by atoms with Crippen molar-refractivity contribution in [1.82, 2.24) is 34.6 Å². The molecule has 0 spiro atoms. The summed E-state index contributed by atoms with van der Waals surface area (Å²) in [5.41, 5.74) is 1.05. The maximum Gasteiger partial charge on any atom is 0.202 e. The number of hydrogen-bond acceptors (Lipinski definition) is 8. The number of thioether (sulfide) groups is 1. The van der Waals surface area contributed by atoms with Gasteiger partial charge in [0.1, 0.15) is 5.82 Å². The molecule has 0 amide bonds. The van der Waals surface area contributed by atoms with E-state index in [1.807, 2.05) is 37.0 Å². The molecule has 0 aromatic carbocycles. The first-order valence-corrected chi connectivity index (χ1v) is 10.6. The van der Waals surface area contributed by atoms with E-state index in [2.05, 4.69) is 30.0 Å². The van der Waals surface area contributed by atoms with Crippen LogP contribution in [0.1, 0.15) is 24.4 Å². The van der Waals surface area contributed by atoms with Gasteiger partial charge in [-0.2, -0.15) is 0 Å². The Morgan fingerprint density at radius 1 is 1.25 bits per heavy atom. The van der Waals surface area contributed by atoms with Gasteiger partial charge < -0.3 is 13.9 Å². The molecule has 3 aromatic rings. The highest BCUT2D eigenvalue weighted by Crippen LogP contribution is 2.57. The summed E-state index contributed by atoms with van der Waals surface area (Å²) in [7, 11) is 1.97. The van der Waals surface area contributed by atoms with Crippen molar-refractivity contribution in [1.29, 1.82) is 0 Å². The van der Waals surface area contributed by atoms with Gasteiger partial charge in [-0.05, 0) is 38.3 Å². The van der Waals surface area contributed by atoms with Crippen LogP contribution in [0.2, 0.25) is 0 Å². The third-order valence-electron chi connectivity index (χ3n) is 5.86. The molecule has 146 valence electrons. The van der Waals surface area contributed by atoms with Crippen LogP contribution >= 0.6 is 11.8 Å². The van der Waals surface area contributed by atoms with Crippen LogP contribution in [0.4, 0.5) is 0 Å². The van der Waals surface area contributed by atoms with Crippen molar-refractivity contribution in [2.24, 2.45) is 13.0 Å². The summed E-state index contributed by atoms with van der Waals surface area (Å²) >= 11 is 1.74. The molecular weight excluding hydrogens is 374 g/mol. The molecule has 4 heterocycles. The van der Waals surface area contributed by atoms with Crippen LogP contribution in [0.3, 0.4) is 0 Å². The molecule has 2 fully saturated rings. The lowest BCUT2D eigenvalue weighted by atomic mass is 10.1. The van der Waals surface area contributed by atoms with Gasteiger partial charge in [0.25, 0.3) is 0 Å². The summed E-state index contributed by atoms with van der Waals surface area (Å²) in [5.74, 6) is 4.19. The SMILES string of the molecule is Cc1ncoc1-c1nnc(SCCCN2CC3CC3(c3ncccn3)C2)n1C. The lowest BCUT2D eigenvalue weighted by Crippen LogP contribution is -2.28. The molecule has 3 aromatic heterocycles. The fourth-order valence-electron chi connectivity index (χ4n) is 4.27. The Balaban J connectivity index is 1.13. The molecular formula is C19H23N7OS. The predicted molar refractivity (Wildman–Crippen MR) is 105 cm³/mol. The maximum absolute atomic E-state index is 5.44. The highest BCUT2D eigenvalue weighted by Gasteiger charge is 2.62. The van der Waals surface area contributed by atoms with Gasteiger partial charge in [0.15, 0.2) is 17.3 Å². The average Bonchev–Trinajstić information content (AvgIpc) is 3.02. The Kier molecular flexibility index (Phi) is 4.43. The number of likely N-dealkylation sites (tertiary alicyclic amines) is 1. The molecule has 1 saturated heterocycles. The van der Waals surface area contributed by atoms with E-state index in [1.54, 1.807) is 11.8 Å². The summed E-state index contributed by atoms with van der Waals surface area (Å²) in [6.07, 6.45) is 7.53. The van der Waals surface area contributed by atoms with Crippen molar-refractivity contribution in [2.75, 3.05) is 25.4 Å². The van der Waals surface area contributed by atoms with Crippen LogP contribution in [0.5, 0.6) is 0 Å². The summed E-state index contributed by atoms with van der Waals surface area (Å²) in [6.45, 7) is 5.27. The average molecular weight is 398 g/mol. The number of piperidine rings is 1. The largest absolute Gasteiger partial charge is 0.440 e. The van der Waals surface area contributed by atoms with E-state index < -0.39 is 0 Å². The van der Waals surface area contributed by atoms with Gasteiger partial charge in [0.05, 0.1) is 5.69 Å². The number of aryl methyl sites for hydroxylation is 1. The number of nitrogens with zero attached hydrogens (tertiary/aromatic N) is 7. The van der Waals surface area contributed by atoms with Gasteiger partial charge >= 0.3 is 0 Å². The van der Waals surface area contributed by atoms with E-state index in [-0.39, 0.29) is 5.41 Å². The van der Waals surface area contributed by atoms with E-state index in [0.29, 0.717) is 5.76 Å². The van der Waals surface area contributed by atoms with Gasteiger partial charge in [0.2, 0.25) is 5.82 Å². The van der Waals surface area contributed by atoms with Crippen LogP contribution in [0.15, 0.2) is 34.4 Å². The van der Waals surface area contributed by atoms with E-state index in [4.69, 9.17) is 4.42 Å². The fraction of sp³-hybridized carbons (Fsp3) is 0.526. The van der Waals surface area contributed by atoms with Gasteiger partial charge in [-0.15, -0.1) is 10.2 Å². The Bertz CT molecular complexity index is 972. The Labute approximate surface area is 167 Å². The summed E-state index contributed by atoms with van der Waals surface area (Å²) in [6, 6.07) is 1.89. The van der Waals surface area contributed by atoms with Crippen molar-refractivity contribution in [3.8, 4) is 11.6 Å². The molecule has 5 rings (SSSR count). The molecule has 9 heteroatoms. The van der Waals surface area contributed by atoms with Crippen molar-refractivity contribution in [3.63, 3.8) is 0 Å². The first-order chi connectivity index (χ1) is 13.7. The second kappa shape index (κ2) is 6.97. The van der Waals surface area contributed by atoms with Gasteiger partial charge in [-0.3, -0.25) is 0 Å². The Morgan fingerprint density at radius 3 is 2.89 bits per heavy atom. The fourth-order valence-corrected chi connectivity index (χ4v) is 5.10. The number of fused-ring (bicyclic) bond motifs is 1. The smallest absolute Gasteiger partial charge is 0.202 e. The van der Waals surface area contributed by atoms with Gasteiger partial charge in [-0.1, -0.05) is 11.8 Å². The number of oxazole rings is 1. The van der Waals surface area contributed by atoms with Crippen LogP contribution in [-0.4, -0.2) is 60.0 Å². The van der Waals surface area contributed by atoms with Crippen molar-refractivity contribution in [3.05, 3.63) is 36.4 Å². The molecule has 2 aliphatic rings. The molecule has 1 aliphatic heterocycles. The van der Waals surface area contributed by atoms with E-state index >= 15 is 0 Å².